The van der Waals surface area contributed by atoms with Gasteiger partial charge in [-0.2, -0.15) is 0 Å². The molecule has 0 radical (unpaired) electrons. The van der Waals surface area contributed by atoms with E-state index in [0.717, 1.165) is 28.5 Å². The molecule has 0 bridgehead atoms. The van der Waals surface area contributed by atoms with Crippen LogP contribution in [0.15, 0.2) is 47.4 Å². The summed E-state index contributed by atoms with van der Waals surface area (Å²) in [6, 6.07) is 14.2. The van der Waals surface area contributed by atoms with Crippen molar-refractivity contribution in [3.8, 4) is 11.1 Å². The van der Waals surface area contributed by atoms with Gasteiger partial charge in [0.2, 0.25) is 0 Å². The molecule has 0 heterocycles. The summed E-state index contributed by atoms with van der Waals surface area (Å²) >= 11 is 1.72. The van der Waals surface area contributed by atoms with Crippen LogP contribution in [0.2, 0.25) is 0 Å². The van der Waals surface area contributed by atoms with Crippen LogP contribution in [-0.4, -0.2) is 12.5 Å². The normalized spacial score (nSPS) is 10.2. The summed E-state index contributed by atoms with van der Waals surface area (Å²) in [6.45, 7) is 1.99. The highest BCUT2D eigenvalue weighted by molar-refractivity contribution is 7.98. The molecule has 0 aliphatic heterocycles. The second-order valence-electron chi connectivity index (χ2n) is 3.94. The minimum Gasteiger partial charge on any atom is -0.298 e. The lowest BCUT2D eigenvalue weighted by Crippen LogP contribution is -1.88. The van der Waals surface area contributed by atoms with E-state index in [2.05, 4.69) is 30.5 Å². The fourth-order valence-corrected chi connectivity index (χ4v) is 2.22. The molecule has 2 aromatic carbocycles. The monoisotopic (exact) mass is 242 g/mol. The predicted molar refractivity (Wildman–Crippen MR) is 73.8 cm³/mol. The van der Waals surface area contributed by atoms with Gasteiger partial charge in [0, 0.05) is 10.5 Å². The van der Waals surface area contributed by atoms with Gasteiger partial charge in [0.15, 0.2) is 6.29 Å². The van der Waals surface area contributed by atoms with E-state index in [0.29, 0.717) is 0 Å². The highest BCUT2D eigenvalue weighted by atomic mass is 32.2. The summed E-state index contributed by atoms with van der Waals surface area (Å²) in [6.07, 6.45) is 2.97. The Morgan fingerprint density at radius 3 is 2.35 bits per heavy atom. The van der Waals surface area contributed by atoms with Gasteiger partial charge in [-0.05, 0) is 42.5 Å². The van der Waals surface area contributed by atoms with Gasteiger partial charge in [0.05, 0.1) is 0 Å². The molecule has 0 saturated heterocycles. The van der Waals surface area contributed by atoms with E-state index in [1.54, 1.807) is 11.8 Å². The van der Waals surface area contributed by atoms with Gasteiger partial charge >= 0.3 is 0 Å². The van der Waals surface area contributed by atoms with Crippen LogP contribution >= 0.6 is 11.8 Å². The van der Waals surface area contributed by atoms with Gasteiger partial charge < -0.3 is 0 Å². The number of aryl methyl sites for hydroxylation is 1. The smallest absolute Gasteiger partial charge is 0.150 e. The van der Waals surface area contributed by atoms with Gasteiger partial charge in [-0.3, -0.25) is 4.79 Å². The van der Waals surface area contributed by atoms with Crippen LogP contribution in [0, 0.1) is 6.92 Å². The number of carbonyl (C=O) groups is 1. The molecule has 0 unspecified atom stereocenters. The van der Waals surface area contributed by atoms with Crippen molar-refractivity contribution in [2.24, 2.45) is 0 Å². The molecule has 0 spiro atoms. The Labute approximate surface area is 106 Å². The van der Waals surface area contributed by atoms with Crippen LogP contribution in [0.4, 0.5) is 0 Å². The first-order chi connectivity index (χ1) is 8.24. The van der Waals surface area contributed by atoms with Gasteiger partial charge in [-0.15, -0.1) is 11.8 Å². The SMILES string of the molecule is CSc1ccc(-c2ccc(C)cc2C=O)cc1. The van der Waals surface area contributed by atoms with E-state index < -0.39 is 0 Å². The van der Waals surface area contributed by atoms with Crippen molar-refractivity contribution in [1.82, 2.24) is 0 Å². The van der Waals surface area contributed by atoms with Crippen LogP contribution in [-0.2, 0) is 0 Å². The third-order valence-electron chi connectivity index (χ3n) is 2.74. The van der Waals surface area contributed by atoms with Crippen LogP contribution in [0.1, 0.15) is 15.9 Å². The Kier molecular flexibility index (Phi) is 3.64. The molecule has 0 aromatic heterocycles. The Balaban J connectivity index is 2.48. The molecule has 0 saturated carbocycles. The maximum Gasteiger partial charge on any atom is 0.150 e. The molecule has 0 amide bonds. The van der Waals surface area contributed by atoms with Crippen molar-refractivity contribution < 1.29 is 4.79 Å². The van der Waals surface area contributed by atoms with Crippen molar-refractivity contribution in [2.45, 2.75) is 11.8 Å². The quantitative estimate of drug-likeness (QED) is 0.593. The molecule has 86 valence electrons. The van der Waals surface area contributed by atoms with Gasteiger partial charge in [-0.25, -0.2) is 0 Å². The third kappa shape index (κ3) is 2.59. The fraction of sp³-hybridized carbons (Fsp3) is 0.133. The average Bonchev–Trinajstić information content (AvgIpc) is 2.39. The molecular weight excluding hydrogens is 228 g/mol. The number of hydrogen-bond acceptors (Lipinski definition) is 2. The van der Waals surface area contributed by atoms with Crippen LogP contribution < -0.4 is 0 Å². The van der Waals surface area contributed by atoms with Crippen LogP contribution in [0.25, 0.3) is 11.1 Å². The van der Waals surface area contributed by atoms with Gasteiger partial charge in [0.1, 0.15) is 0 Å². The van der Waals surface area contributed by atoms with Crippen molar-refractivity contribution in [1.29, 1.82) is 0 Å². The Bertz CT molecular complexity index is 529. The minimum atomic E-state index is 0.752. The number of aldehydes is 1. The number of rotatable bonds is 3. The molecule has 2 aromatic rings. The molecule has 0 atom stereocenters. The van der Waals surface area contributed by atoms with Crippen molar-refractivity contribution in [3.63, 3.8) is 0 Å². The Hall–Kier alpha value is -1.54. The first-order valence-electron chi connectivity index (χ1n) is 5.45. The zero-order chi connectivity index (χ0) is 12.3. The molecular formula is C15H14OS. The zero-order valence-electron chi connectivity index (χ0n) is 9.94. The standard InChI is InChI=1S/C15H14OS/c1-11-3-8-15(13(9-11)10-16)12-4-6-14(17-2)7-5-12/h3-10H,1-2H3. The summed E-state index contributed by atoms with van der Waals surface area (Å²) in [5.41, 5.74) is 3.95. The van der Waals surface area contributed by atoms with E-state index in [4.69, 9.17) is 0 Å². The molecule has 1 nitrogen and oxygen atoms in total. The lowest BCUT2D eigenvalue weighted by molar-refractivity contribution is 0.112. The second-order valence-corrected chi connectivity index (χ2v) is 4.82. The molecule has 2 rings (SSSR count). The fourth-order valence-electron chi connectivity index (χ4n) is 1.81. The minimum absolute atomic E-state index is 0.752. The lowest BCUT2D eigenvalue weighted by Gasteiger charge is -2.07. The van der Waals surface area contributed by atoms with Crippen LogP contribution in [0.3, 0.4) is 0 Å². The molecule has 2 heteroatoms. The lowest BCUT2D eigenvalue weighted by atomic mass is 9.99. The highest BCUT2D eigenvalue weighted by Crippen LogP contribution is 2.26. The summed E-state index contributed by atoms with van der Waals surface area (Å²) in [5.74, 6) is 0. The van der Waals surface area contributed by atoms with Crippen molar-refractivity contribution in [3.05, 3.63) is 53.6 Å². The Morgan fingerprint density at radius 2 is 1.76 bits per heavy atom. The largest absolute Gasteiger partial charge is 0.298 e. The Morgan fingerprint density at radius 1 is 1.06 bits per heavy atom. The number of benzene rings is 2. The first kappa shape index (κ1) is 11.9. The van der Waals surface area contributed by atoms with Crippen LogP contribution in [0.5, 0.6) is 0 Å². The highest BCUT2D eigenvalue weighted by Gasteiger charge is 2.04. The van der Waals surface area contributed by atoms with Gasteiger partial charge in [0.25, 0.3) is 0 Å². The maximum absolute atomic E-state index is 11.1. The summed E-state index contributed by atoms with van der Waals surface area (Å²) in [4.78, 5) is 12.3. The summed E-state index contributed by atoms with van der Waals surface area (Å²) in [5, 5.41) is 0. The van der Waals surface area contributed by atoms with E-state index >= 15 is 0 Å². The molecule has 0 aliphatic carbocycles. The number of carbonyl (C=O) groups excluding carboxylic acids is 1. The van der Waals surface area contributed by atoms with E-state index in [9.17, 15) is 4.79 Å². The van der Waals surface area contributed by atoms with Gasteiger partial charge in [-0.1, -0.05) is 29.8 Å². The van der Waals surface area contributed by atoms with Crippen molar-refractivity contribution in [2.75, 3.05) is 6.26 Å². The van der Waals surface area contributed by atoms with E-state index in [1.165, 1.54) is 4.90 Å². The predicted octanol–water partition coefficient (Wildman–Crippen LogP) is 4.20. The number of thioether (sulfide) groups is 1. The first-order valence-corrected chi connectivity index (χ1v) is 6.67. The van der Waals surface area contributed by atoms with E-state index in [1.807, 2.05) is 25.1 Å². The summed E-state index contributed by atoms with van der Waals surface area (Å²) in [7, 11) is 0. The maximum atomic E-state index is 11.1. The topological polar surface area (TPSA) is 17.1 Å². The number of hydrogen-bond donors (Lipinski definition) is 0. The average molecular weight is 242 g/mol. The van der Waals surface area contributed by atoms with E-state index in [-0.39, 0.29) is 0 Å². The molecule has 0 N–H and O–H groups in total. The zero-order valence-corrected chi connectivity index (χ0v) is 10.8. The molecule has 17 heavy (non-hydrogen) atoms. The van der Waals surface area contributed by atoms with Crippen molar-refractivity contribution >= 4 is 18.0 Å². The molecule has 0 fully saturated rings. The summed E-state index contributed by atoms with van der Waals surface area (Å²) < 4.78 is 0. The second kappa shape index (κ2) is 5.19. The molecule has 0 aliphatic rings. The third-order valence-corrected chi connectivity index (χ3v) is 3.48.